The quantitative estimate of drug-likeness (QED) is 0.645. The molecular weight excluding hydrogens is 305 g/mol. The van der Waals surface area contributed by atoms with E-state index in [-0.39, 0.29) is 17.0 Å². The maximum absolute atomic E-state index is 13.0. The number of thioether (sulfide) groups is 1. The molecule has 1 atom stereocenters. The molecule has 1 heterocycles. The van der Waals surface area contributed by atoms with Gasteiger partial charge in [0.25, 0.3) is 0 Å². The van der Waals surface area contributed by atoms with Crippen molar-refractivity contribution in [2.24, 2.45) is 0 Å². The van der Waals surface area contributed by atoms with Gasteiger partial charge < -0.3 is 11.2 Å². The molecule has 0 bridgehead atoms. The highest BCUT2D eigenvalue weighted by atomic mass is 32.2. The second-order valence-electron chi connectivity index (χ2n) is 5.23. The molecule has 1 aromatic heterocycles. The first-order chi connectivity index (χ1) is 10.5. The summed E-state index contributed by atoms with van der Waals surface area (Å²) in [5, 5.41) is 11.1. The standard InChI is InChI=1S/C14H16FN5OS/c1-8(13(21)17-11-6-7-11)22-14-19-18-12(20(14)16)9-2-4-10(15)5-3-9/h2-5,8,11H,6-7,16H2,1H3,(H,17,21)/t8-/m0/s1. The van der Waals surface area contributed by atoms with E-state index in [9.17, 15) is 9.18 Å². The van der Waals surface area contributed by atoms with Crippen LogP contribution in [0.5, 0.6) is 0 Å². The van der Waals surface area contributed by atoms with Gasteiger partial charge in [0.05, 0.1) is 5.25 Å². The van der Waals surface area contributed by atoms with Crippen LogP contribution in [0.1, 0.15) is 19.8 Å². The van der Waals surface area contributed by atoms with Crippen LogP contribution in [-0.4, -0.2) is 32.1 Å². The molecule has 8 heteroatoms. The number of carbonyl (C=O) groups is 1. The number of halogens is 1. The average molecular weight is 321 g/mol. The minimum absolute atomic E-state index is 0.0289. The van der Waals surface area contributed by atoms with Crippen LogP contribution in [0.2, 0.25) is 0 Å². The zero-order valence-electron chi connectivity index (χ0n) is 12.0. The predicted octanol–water partition coefficient (Wildman–Crippen LogP) is 1.56. The van der Waals surface area contributed by atoms with E-state index in [0.29, 0.717) is 22.6 Å². The van der Waals surface area contributed by atoms with Crippen molar-refractivity contribution in [3.05, 3.63) is 30.1 Å². The normalized spacial score (nSPS) is 15.5. The van der Waals surface area contributed by atoms with E-state index in [4.69, 9.17) is 5.84 Å². The van der Waals surface area contributed by atoms with Gasteiger partial charge in [-0.3, -0.25) is 4.79 Å². The van der Waals surface area contributed by atoms with E-state index in [1.54, 1.807) is 19.1 Å². The molecule has 1 amide bonds. The number of nitrogens with zero attached hydrogens (tertiary/aromatic N) is 3. The number of nitrogens with two attached hydrogens (primary N) is 1. The Labute approximate surface area is 131 Å². The fourth-order valence-corrected chi connectivity index (χ4v) is 2.69. The summed E-state index contributed by atoms with van der Waals surface area (Å²) >= 11 is 1.24. The first kappa shape index (κ1) is 14.8. The Hall–Kier alpha value is -2.09. The van der Waals surface area contributed by atoms with Gasteiger partial charge in [0.15, 0.2) is 5.82 Å². The van der Waals surface area contributed by atoms with E-state index in [0.717, 1.165) is 12.8 Å². The van der Waals surface area contributed by atoms with E-state index >= 15 is 0 Å². The summed E-state index contributed by atoms with van der Waals surface area (Å²) in [6, 6.07) is 6.16. The van der Waals surface area contributed by atoms with Crippen molar-refractivity contribution in [1.29, 1.82) is 0 Å². The SMILES string of the molecule is C[C@H](Sc1nnc(-c2ccc(F)cc2)n1N)C(=O)NC1CC1. The number of rotatable bonds is 5. The summed E-state index contributed by atoms with van der Waals surface area (Å²) < 4.78 is 14.3. The third kappa shape index (κ3) is 3.22. The second kappa shape index (κ2) is 5.96. The van der Waals surface area contributed by atoms with Crippen LogP contribution in [0.4, 0.5) is 4.39 Å². The van der Waals surface area contributed by atoms with Gasteiger partial charge in [0, 0.05) is 11.6 Å². The van der Waals surface area contributed by atoms with Crippen LogP contribution in [0.25, 0.3) is 11.4 Å². The van der Waals surface area contributed by atoms with Gasteiger partial charge >= 0.3 is 0 Å². The minimum atomic E-state index is -0.327. The fraction of sp³-hybridized carbons (Fsp3) is 0.357. The molecule has 0 spiro atoms. The van der Waals surface area contributed by atoms with Gasteiger partial charge in [-0.05, 0) is 44.0 Å². The molecule has 0 radical (unpaired) electrons. The highest BCUT2D eigenvalue weighted by Gasteiger charge is 2.27. The smallest absolute Gasteiger partial charge is 0.233 e. The maximum atomic E-state index is 13.0. The van der Waals surface area contributed by atoms with Gasteiger partial charge in [-0.25, -0.2) is 9.07 Å². The molecule has 0 unspecified atom stereocenters. The molecule has 3 rings (SSSR count). The molecular formula is C14H16FN5OS. The van der Waals surface area contributed by atoms with Crippen molar-refractivity contribution in [2.75, 3.05) is 5.84 Å². The number of carbonyl (C=O) groups excluding carboxylic acids is 1. The van der Waals surface area contributed by atoms with Crippen LogP contribution < -0.4 is 11.2 Å². The Morgan fingerprint density at radius 3 is 2.73 bits per heavy atom. The Morgan fingerprint density at radius 2 is 2.09 bits per heavy atom. The number of hydrogen-bond acceptors (Lipinski definition) is 5. The molecule has 6 nitrogen and oxygen atoms in total. The van der Waals surface area contributed by atoms with Crippen molar-refractivity contribution >= 4 is 17.7 Å². The number of nitrogen functional groups attached to an aromatic ring is 1. The molecule has 1 saturated carbocycles. The third-order valence-corrected chi connectivity index (χ3v) is 4.40. The first-order valence-corrected chi connectivity index (χ1v) is 7.86. The monoisotopic (exact) mass is 321 g/mol. The van der Waals surface area contributed by atoms with Crippen LogP contribution in [0.15, 0.2) is 29.4 Å². The van der Waals surface area contributed by atoms with E-state index in [2.05, 4.69) is 15.5 Å². The van der Waals surface area contributed by atoms with E-state index < -0.39 is 0 Å². The van der Waals surface area contributed by atoms with Gasteiger partial charge in [-0.1, -0.05) is 11.8 Å². The van der Waals surface area contributed by atoms with Crippen LogP contribution in [-0.2, 0) is 4.79 Å². The molecule has 22 heavy (non-hydrogen) atoms. The zero-order valence-corrected chi connectivity index (χ0v) is 12.8. The highest BCUT2D eigenvalue weighted by molar-refractivity contribution is 8.00. The Morgan fingerprint density at radius 1 is 1.41 bits per heavy atom. The van der Waals surface area contributed by atoms with Crippen LogP contribution in [0.3, 0.4) is 0 Å². The van der Waals surface area contributed by atoms with Crippen molar-refractivity contribution in [3.63, 3.8) is 0 Å². The second-order valence-corrected chi connectivity index (χ2v) is 6.53. The summed E-state index contributed by atoms with van der Waals surface area (Å²) in [6.45, 7) is 1.80. The Kier molecular flexibility index (Phi) is 4.02. The number of hydrogen-bond donors (Lipinski definition) is 2. The van der Waals surface area contributed by atoms with Gasteiger partial charge in [-0.15, -0.1) is 10.2 Å². The first-order valence-electron chi connectivity index (χ1n) is 6.98. The molecule has 1 aliphatic carbocycles. The molecule has 1 fully saturated rings. The van der Waals surface area contributed by atoms with Crippen LogP contribution in [0, 0.1) is 5.82 Å². The lowest BCUT2D eigenvalue weighted by molar-refractivity contribution is -0.120. The summed E-state index contributed by atoms with van der Waals surface area (Å²) in [6.07, 6.45) is 2.09. The number of aromatic nitrogens is 3. The largest absolute Gasteiger partial charge is 0.352 e. The predicted molar refractivity (Wildman–Crippen MR) is 82.1 cm³/mol. The Balaban J connectivity index is 1.72. The van der Waals surface area contributed by atoms with Gasteiger partial charge in [0.2, 0.25) is 11.1 Å². The number of amides is 1. The van der Waals surface area contributed by atoms with Gasteiger partial charge in [-0.2, -0.15) is 0 Å². The fourth-order valence-electron chi connectivity index (χ4n) is 1.91. The van der Waals surface area contributed by atoms with Crippen molar-refractivity contribution in [1.82, 2.24) is 20.2 Å². The van der Waals surface area contributed by atoms with Gasteiger partial charge in [0.1, 0.15) is 5.82 Å². The van der Waals surface area contributed by atoms with E-state index in [1.165, 1.54) is 28.6 Å². The van der Waals surface area contributed by atoms with Crippen molar-refractivity contribution in [2.45, 2.75) is 36.2 Å². The summed E-state index contributed by atoms with van der Waals surface area (Å²) in [5.41, 5.74) is 0.665. The maximum Gasteiger partial charge on any atom is 0.233 e. The molecule has 2 aromatic rings. The lowest BCUT2D eigenvalue weighted by Gasteiger charge is -2.10. The summed E-state index contributed by atoms with van der Waals surface area (Å²) in [5.74, 6) is 6.05. The zero-order chi connectivity index (χ0) is 15.7. The molecule has 0 aliphatic heterocycles. The topological polar surface area (TPSA) is 85.8 Å². The van der Waals surface area contributed by atoms with Crippen molar-refractivity contribution in [3.8, 4) is 11.4 Å². The lowest BCUT2D eigenvalue weighted by atomic mass is 10.2. The molecule has 116 valence electrons. The molecule has 1 aliphatic rings. The minimum Gasteiger partial charge on any atom is -0.352 e. The molecule has 1 aromatic carbocycles. The summed E-state index contributed by atoms with van der Waals surface area (Å²) in [7, 11) is 0. The Bertz CT molecular complexity index is 683. The number of benzene rings is 1. The summed E-state index contributed by atoms with van der Waals surface area (Å²) in [4.78, 5) is 12.0. The van der Waals surface area contributed by atoms with Crippen LogP contribution >= 0.6 is 11.8 Å². The molecule has 0 saturated heterocycles. The number of nitrogens with one attached hydrogen (secondary N) is 1. The third-order valence-electron chi connectivity index (χ3n) is 3.34. The molecule has 3 N–H and O–H groups in total. The van der Waals surface area contributed by atoms with E-state index in [1.807, 2.05) is 0 Å². The average Bonchev–Trinajstić information content (AvgIpc) is 3.24. The highest BCUT2D eigenvalue weighted by Crippen LogP contribution is 2.26. The van der Waals surface area contributed by atoms with Crippen molar-refractivity contribution < 1.29 is 9.18 Å². The lowest BCUT2D eigenvalue weighted by Crippen LogP contribution is -2.32.